The van der Waals surface area contributed by atoms with Gasteiger partial charge in [-0.25, -0.2) is 8.42 Å². The average molecular weight is 510 g/mol. The van der Waals surface area contributed by atoms with Gasteiger partial charge in [0.25, 0.3) is 0 Å². The lowest BCUT2D eigenvalue weighted by molar-refractivity contribution is -0.123. The van der Waals surface area contributed by atoms with Gasteiger partial charge in [0.1, 0.15) is 5.37 Å². The van der Waals surface area contributed by atoms with E-state index in [2.05, 4.69) is 10.2 Å². The highest BCUT2D eigenvalue weighted by Crippen LogP contribution is 2.32. The minimum absolute atomic E-state index is 0.193. The van der Waals surface area contributed by atoms with Gasteiger partial charge in [-0.3, -0.25) is 4.79 Å². The summed E-state index contributed by atoms with van der Waals surface area (Å²) in [7, 11) is 0.174. The zero-order valence-electron chi connectivity index (χ0n) is 20.0. The van der Waals surface area contributed by atoms with Gasteiger partial charge >= 0.3 is 0 Å². The Hall–Kier alpha value is -2.65. The minimum Gasteiger partial charge on any atom is -0.347 e. The van der Waals surface area contributed by atoms with E-state index in [0.29, 0.717) is 12.3 Å². The van der Waals surface area contributed by atoms with Gasteiger partial charge in [0.05, 0.1) is 10.9 Å². The number of carbonyl (C=O) groups excluding carboxylic acids is 1. The normalized spacial score (nSPS) is 17.4. The lowest BCUT2D eigenvalue weighted by atomic mass is 10.0. The Balaban J connectivity index is 1.51. The Kier molecular flexibility index (Phi) is 8.28. The Morgan fingerprint density at radius 2 is 1.57 bits per heavy atom. The van der Waals surface area contributed by atoms with Gasteiger partial charge in [-0.2, -0.15) is 4.31 Å². The van der Waals surface area contributed by atoms with Crippen LogP contribution in [0, 0.1) is 0 Å². The molecule has 8 heteroatoms. The molecule has 0 bridgehead atoms. The van der Waals surface area contributed by atoms with Crippen LogP contribution in [0.5, 0.6) is 0 Å². The Bertz CT molecular complexity index is 1220. The van der Waals surface area contributed by atoms with Crippen molar-refractivity contribution >= 4 is 27.7 Å². The van der Waals surface area contributed by atoms with Crippen LogP contribution < -0.4 is 5.32 Å². The number of nitrogens with zero attached hydrogens (tertiary/aromatic N) is 2. The van der Waals surface area contributed by atoms with Gasteiger partial charge in [0.2, 0.25) is 15.9 Å². The van der Waals surface area contributed by atoms with E-state index in [1.807, 2.05) is 86.9 Å². The van der Waals surface area contributed by atoms with Crippen molar-refractivity contribution in [3.8, 4) is 11.1 Å². The number of sulfonamides is 1. The molecule has 2 unspecified atom stereocenters. The largest absolute Gasteiger partial charge is 0.347 e. The van der Waals surface area contributed by atoms with E-state index in [-0.39, 0.29) is 16.8 Å². The van der Waals surface area contributed by atoms with Crippen LogP contribution in [0.3, 0.4) is 0 Å². The van der Waals surface area contributed by atoms with Crippen molar-refractivity contribution in [1.29, 1.82) is 0 Å². The lowest BCUT2D eigenvalue weighted by Crippen LogP contribution is -2.46. The van der Waals surface area contributed by atoms with Crippen molar-refractivity contribution in [3.63, 3.8) is 0 Å². The molecule has 1 fully saturated rings. The van der Waals surface area contributed by atoms with Crippen LogP contribution in [0.15, 0.2) is 89.8 Å². The highest BCUT2D eigenvalue weighted by Gasteiger charge is 2.40. The number of amides is 1. The highest BCUT2D eigenvalue weighted by molar-refractivity contribution is 8.02. The Morgan fingerprint density at radius 1 is 0.971 bits per heavy atom. The van der Waals surface area contributed by atoms with E-state index in [0.717, 1.165) is 29.7 Å². The van der Waals surface area contributed by atoms with Crippen molar-refractivity contribution < 1.29 is 13.2 Å². The van der Waals surface area contributed by atoms with Crippen LogP contribution in [-0.2, 0) is 14.8 Å². The predicted molar refractivity (Wildman–Crippen MR) is 143 cm³/mol. The molecule has 0 aromatic heterocycles. The van der Waals surface area contributed by atoms with Gasteiger partial charge in [-0.05, 0) is 55.9 Å². The molecule has 0 spiro atoms. The third-order valence-corrected chi connectivity index (χ3v) is 9.24. The highest BCUT2D eigenvalue weighted by atomic mass is 32.2. The van der Waals surface area contributed by atoms with Gasteiger partial charge in [-0.1, -0.05) is 72.8 Å². The molecular formula is C27H31N3O3S2. The smallest absolute Gasteiger partial charge is 0.249 e. The molecule has 3 aromatic carbocycles. The zero-order chi connectivity index (χ0) is 24.8. The van der Waals surface area contributed by atoms with Crippen LogP contribution in [0.2, 0.25) is 0 Å². The third kappa shape index (κ3) is 6.13. The third-order valence-electron chi connectivity index (χ3n) is 6.02. The second-order valence-corrected chi connectivity index (χ2v) is 11.9. The van der Waals surface area contributed by atoms with E-state index in [9.17, 15) is 13.2 Å². The SMILES string of the molecule is CN(C)CCC(NC(=O)C1SCCN1S(=O)(=O)c1ccc(-c2ccccc2)cc1)c1ccccc1. The van der Waals surface area contributed by atoms with Gasteiger partial charge in [0.15, 0.2) is 0 Å². The zero-order valence-corrected chi connectivity index (χ0v) is 21.6. The number of carbonyl (C=O) groups is 1. The molecule has 0 saturated carbocycles. The summed E-state index contributed by atoms with van der Waals surface area (Å²) in [5, 5.41) is 2.33. The predicted octanol–water partition coefficient (Wildman–Crippen LogP) is 4.23. The van der Waals surface area contributed by atoms with Crippen LogP contribution >= 0.6 is 11.8 Å². The molecule has 1 aliphatic rings. The van der Waals surface area contributed by atoms with Crippen molar-refractivity contribution in [3.05, 3.63) is 90.5 Å². The molecule has 1 N–H and O–H groups in total. The fourth-order valence-electron chi connectivity index (χ4n) is 4.13. The maximum atomic E-state index is 13.5. The number of thioether (sulfide) groups is 1. The molecule has 1 saturated heterocycles. The first kappa shape index (κ1) is 25.4. The van der Waals surface area contributed by atoms with Crippen molar-refractivity contribution in [1.82, 2.24) is 14.5 Å². The molecule has 1 amide bonds. The van der Waals surface area contributed by atoms with Crippen molar-refractivity contribution in [2.24, 2.45) is 0 Å². The second kappa shape index (κ2) is 11.4. The maximum absolute atomic E-state index is 13.5. The summed E-state index contributed by atoms with van der Waals surface area (Å²) < 4.78 is 28.3. The number of hydrogen-bond donors (Lipinski definition) is 1. The molecule has 1 aliphatic heterocycles. The number of nitrogens with one attached hydrogen (secondary N) is 1. The minimum atomic E-state index is -3.81. The summed E-state index contributed by atoms with van der Waals surface area (Å²) in [6, 6.07) is 26.3. The molecule has 0 aliphatic carbocycles. The molecule has 35 heavy (non-hydrogen) atoms. The molecular weight excluding hydrogens is 478 g/mol. The fourth-order valence-corrected chi connectivity index (χ4v) is 7.22. The molecule has 1 heterocycles. The maximum Gasteiger partial charge on any atom is 0.249 e. The number of hydrogen-bond acceptors (Lipinski definition) is 5. The van der Waals surface area contributed by atoms with Crippen LogP contribution in [0.25, 0.3) is 11.1 Å². The number of benzene rings is 3. The van der Waals surface area contributed by atoms with Crippen molar-refractivity contribution in [2.75, 3.05) is 32.9 Å². The van der Waals surface area contributed by atoms with Crippen LogP contribution in [0.4, 0.5) is 0 Å². The molecule has 184 valence electrons. The van der Waals surface area contributed by atoms with E-state index >= 15 is 0 Å². The Morgan fingerprint density at radius 3 is 2.20 bits per heavy atom. The van der Waals surface area contributed by atoms with Crippen molar-refractivity contribution in [2.45, 2.75) is 22.7 Å². The molecule has 4 rings (SSSR count). The Labute approximate surface area is 212 Å². The fraction of sp³-hybridized carbons (Fsp3) is 0.296. The summed E-state index contributed by atoms with van der Waals surface area (Å²) in [6.07, 6.45) is 0.730. The monoisotopic (exact) mass is 509 g/mol. The molecule has 3 aromatic rings. The van der Waals surface area contributed by atoms with Gasteiger partial charge in [-0.15, -0.1) is 11.8 Å². The first-order valence-electron chi connectivity index (χ1n) is 11.7. The van der Waals surface area contributed by atoms with E-state index < -0.39 is 15.4 Å². The van der Waals surface area contributed by atoms with E-state index in [1.54, 1.807) is 12.1 Å². The number of rotatable bonds is 9. The van der Waals surface area contributed by atoms with E-state index in [1.165, 1.54) is 16.1 Å². The average Bonchev–Trinajstić information content (AvgIpc) is 3.39. The first-order chi connectivity index (χ1) is 16.9. The standard InChI is InChI=1S/C27H31N3O3S2/c1-29(2)18-17-25(23-11-7-4-8-12-23)28-26(31)27-30(19-20-34-27)35(32,33)24-15-13-22(14-16-24)21-9-5-3-6-10-21/h3-16,25,27H,17-20H2,1-2H3,(H,28,31). The quantitative estimate of drug-likeness (QED) is 0.468. The summed E-state index contributed by atoms with van der Waals surface area (Å²) in [4.78, 5) is 15.6. The lowest BCUT2D eigenvalue weighted by Gasteiger charge is -2.26. The molecule has 2 atom stereocenters. The van der Waals surface area contributed by atoms with Gasteiger partial charge in [0, 0.05) is 12.3 Å². The summed E-state index contributed by atoms with van der Waals surface area (Å²) in [5.74, 6) is 0.303. The summed E-state index contributed by atoms with van der Waals surface area (Å²) >= 11 is 1.37. The molecule has 6 nitrogen and oxygen atoms in total. The van der Waals surface area contributed by atoms with Gasteiger partial charge < -0.3 is 10.2 Å². The second-order valence-electron chi connectivity index (χ2n) is 8.79. The summed E-state index contributed by atoms with van der Waals surface area (Å²) in [5.41, 5.74) is 2.98. The molecule has 0 radical (unpaired) electrons. The first-order valence-corrected chi connectivity index (χ1v) is 14.1. The van der Waals surface area contributed by atoms with E-state index in [4.69, 9.17) is 0 Å². The topological polar surface area (TPSA) is 69.7 Å². The van der Waals surface area contributed by atoms with Crippen LogP contribution in [-0.4, -0.2) is 61.8 Å². The summed E-state index contributed by atoms with van der Waals surface area (Å²) in [6.45, 7) is 1.10. The van der Waals surface area contributed by atoms with Crippen LogP contribution in [0.1, 0.15) is 18.0 Å².